The zero-order chi connectivity index (χ0) is 35.3. The molecule has 0 bridgehead atoms. The molecule has 7 aromatic carbocycles. The molecule has 0 heterocycles. The van der Waals surface area contributed by atoms with Gasteiger partial charge in [0.05, 0.1) is 0 Å². The van der Waals surface area contributed by atoms with Crippen LogP contribution in [-0.4, -0.2) is 30.6 Å². The van der Waals surface area contributed by atoms with Gasteiger partial charge in [-0.3, -0.25) is 0 Å². The molecule has 50 heavy (non-hydrogen) atoms. The molecule has 0 spiro atoms. The quantitative estimate of drug-likeness (QED) is 0.0988. The third-order valence-corrected chi connectivity index (χ3v) is 8.87. The fourth-order valence-corrected chi connectivity index (χ4v) is 5.97. The molecular weight excluding hydrogens is 624 g/mol. The van der Waals surface area contributed by atoms with Gasteiger partial charge in [-0.1, -0.05) is 72.8 Å². The van der Waals surface area contributed by atoms with E-state index in [1.54, 1.807) is 72.8 Å². The summed E-state index contributed by atoms with van der Waals surface area (Å²) in [6, 6.07) is 48.8. The molecule has 0 radical (unpaired) electrons. The van der Waals surface area contributed by atoms with Gasteiger partial charge in [0, 0.05) is 5.41 Å². The lowest BCUT2D eigenvalue weighted by atomic mass is 9.71. The van der Waals surface area contributed by atoms with Gasteiger partial charge in [0.2, 0.25) is 0 Å². The lowest BCUT2D eigenvalue weighted by Crippen LogP contribution is -2.25. The molecule has 0 saturated carbocycles. The Morgan fingerprint density at radius 3 is 0.640 bits per heavy atom. The Labute approximate surface area is 290 Å². The summed E-state index contributed by atoms with van der Waals surface area (Å²) < 4.78 is 0. The highest BCUT2D eigenvalue weighted by Gasteiger charge is 2.31. The van der Waals surface area contributed by atoms with Gasteiger partial charge in [0.1, 0.15) is 34.5 Å². The molecule has 0 amide bonds. The van der Waals surface area contributed by atoms with Crippen LogP contribution in [0, 0.1) is 0 Å². The highest BCUT2D eigenvalue weighted by molar-refractivity contribution is 5.81. The smallest absolute Gasteiger partial charge is 0.115 e. The Kier molecular flexibility index (Phi) is 9.45. The standard InChI is InChI=1S/C24H18O3.C20H18O3/c25-22-7-1-16(2-8-22)19-13-20(17-3-9-23(26)10-4-17)15-21(14-19)18-5-11-24(27)12-6-18;1-20(14-2-8-17(21)9-3-14,15-4-10-18(22)11-5-15)16-6-12-19(23)13-7-16/h1-15,25-27H;2-13,21-23H,1H3. The van der Waals surface area contributed by atoms with Crippen LogP contribution in [0.3, 0.4) is 0 Å². The summed E-state index contributed by atoms with van der Waals surface area (Å²) in [5.74, 6) is 1.33. The van der Waals surface area contributed by atoms with Crippen molar-refractivity contribution in [2.75, 3.05) is 0 Å². The van der Waals surface area contributed by atoms with Crippen LogP contribution in [-0.2, 0) is 5.41 Å². The molecule has 7 aromatic rings. The van der Waals surface area contributed by atoms with Crippen LogP contribution in [0.1, 0.15) is 23.6 Å². The van der Waals surface area contributed by atoms with E-state index >= 15 is 0 Å². The van der Waals surface area contributed by atoms with Crippen molar-refractivity contribution in [3.8, 4) is 67.9 Å². The average molecular weight is 661 g/mol. The average Bonchev–Trinajstić information content (AvgIpc) is 3.13. The van der Waals surface area contributed by atoms with Crippen LogP contribution in [0.5, 0.6) is 34.5 Å². The molecular formula is C44H36O6. The molecule has 7 rings (SSSR count). The summed E-state index contributed by atoms with van der Waals surface area (Å²) in [7, 11) is 0. The van der Waals surface area contributed by atoms with E-state index in [-0.39, 0.29) is 34.5 Å². The monoisotopic (exact) mass is 660 g/mol. The van der Waals surface area contributed by atoms with Crippen LogP contribution in [0.25, 0.3) is 33.4 Å². The Morgan fingerprint density at radius 2 is 0.440 bits per heavy atom. The highest BCUT2D eigenvalue weighted by atomic mass is 16.3. The van der Waals surface area contributed by atoms with Gasteiger partial charge in [0.25, 0.3) is 0 Å². The first-order chi connectivity index (χ1) is 24.1. The van der Waals surface area contributed by atoms with E-state index in [9.17, 15) is 30.6 Å². The maximum Gasteiger partial charge on any atom is 0.115 e. The molecule has 6 heteroatoms. The SMILES string of the molecule is CC(c1ccc(O)cc1)(c1ccc(O)cc1)c1ccc(O)cc1.Oc1ccc(-c2cc(-c3ccc(O)cc3)cc(-c3ccc(O)cc3)c2)cc1. The first-order valence-corrected chi connectivity index (χ1v) is 16.0. The third-order valence-electron chi connectivity index (χ3n) is 8.87. The number of phenols is 6. The van der Waals surface area contributed by atoms with Crippen molar-refractivity contribution >= 4 is 0 Å². The summed E-state index contributed by atoms with van der Waals surface area (Å²) >= 11 is 0. The van der Waals surface area contributed by atoms with Gasteiger partial charge in [-0.05, 0) is 148 Å². The summed E-state index contributed by atoms with van der Waals surface area (Å²) in [6.45, 7) is 2.08. The van der Waals surface area contributed by atoms with E-state index in [1.807, 2.05) is 72.8 Å². The predicted octanol–water partition coefficient (Wildman–Crippen LogP) is 9.96. The zero-order valence-electron chi connectivity index (χ0n) is 27.3. The minimum atomic E-state index is -0.477. The second-order valence-corrected chi connectivity index (χ2v) is 12.2. The first kappa shape index (κ1) is 33.2. The van der Waals surface area contributed by atoms with Crippen molar-refractivity contribution in [1.82, 2.24) is 0 Å². The number of hydrogen-bond donors (Lipinski definition) is 6. The van der Waals surface area contributed by atoms with Crippen molar-refractivity contribution in [1.29, 1.82) is 0 Å². The van der Waals surface area contributed by atoms with E-state index in [1.165, 1.54) is 0 Å². The van der Waals surface area contributed by atoms with Gasteiger partial charge < -0.3 is 30.6 Å². The molecule has 0 saturated heterocycles. The second kappa shape index (κ2) is 14.2. The minimum absolute atomic E-state index is 0.215. The molecule has 0 unspecified atom stereocenters. The van der Waals surface area contributed by atoms with Crippen molar-refractivity contribution in [2.45, 2.75) is 12.3 Å². The lowest BCUT2D eigenvalue weighted by Gasteiger charge is -2.32. The topological polar surface area (TPSA) is 121 Å². The molecule has 0 aliphatic heterocycles. The highest BCUT2D eigenvalue weighted by Crippen LogP contribution is 2.40. The van der Waals surface area contributed by atoms with Gasteiger partial charge in [-0.15, -0.1) is 0 Å². The van der Waals surface area contributed by atoms with Gasteiger partial charge in [-0.2, -0.15) is 0 Å². The maximum absolute atomic E-state index is 9.57. The second-order valence-electron chi connectivity index (χ2n) is 12.2. The van der Waals surface area contributed by atoms with Crippen LogP contribution >= 0.6 is 0 Å². The molecule has 0 fully saturated rings. The largest absolute Gasteiger partial charge is 0.508 e. The van der Waals surface area contributed by atoms with E-state index in [0.29, 0.717) is 0 Å². The normalized spacial score (nSPS) is 11.0. The van der Waals surface area contributed by atoms with Crippen LogP contribution in [0.2, 0.25) is 0 Å². The third kappa shape index (κ3) is 7.40. The number of rotatable bonds is 6. The molecule has 6 N–H and O–H groups in total. The minimum Gasteiger partial charge on any atom is -0.508 e. The van der Waals surface area contributed by atoms with Crippen molar-refractivity contribution in [3.05, 3.63) is 180 Å². The van der Waals surface area contributed by atoms with E-state index in [0.717, 1.165) is 50.1 Å². The summed E-state index contributed by atoms with van der Waals surface area (Å²) in [5.41, 5.74) is 8.58. The Balaban J connectivity index is 0.000000175. The Morgan fingerprint density at radius 1 is 0.260 bits per heavy atom. The van der Waals surface area contributed by atoms with Crippen LogP contribution in [0.4, 0.5) is 0 Å². The van der Waals surface area contributed by atoms with Gasteiger partial charge in [-0.25, -0.2) is 0 Å². The fourth-order valence-electron chi connectivity index (χ4n) is 5.97. The maximum atomic E-state index is 9.57. The lowest BCUT2D eigenvalue weighted by molar-refractivity contribution is 0.473. The fraction of sp³-hybridized carbons (Fsp3) is 0.0455. The summed E-state index contributed by atoms with van der Waals surface area (Å²) in [6.07, 6.45) is 0. The van der Waals surface area contributed by atoms with Crippen molar-refractivity contribution in [3.63, 3.8) is 0 Å². The Bertz CT molecular complexity index is 1910. The van der Waals surface area contributed by atoms with E-state index in [2.05, 4.69) is 25.1 Å². The zero-order valence-corrected chi connectivity index (χ0v) is 27.3. The van der Waals surface area contributed by atoms with Crippen molar-refractivity contribution in [2.24, 2.45) is 0 Å². The van der Waals surface area contributed by atoms with Crippen molar-refractivity contribution < 1.29 is 30.6 Å². The molecule has 6 nitrogen and oxygen atoms in total. The Hall–Kier alpha value is -6.66. The van der Waals surface area contributed by atoms with Gasteiger partial charge >= 0.3 is 0 Å². The summed E-state index contributed by atoms with van der Waals surface area (Å²) in [4.78, 5) is 0. The van der Waals surface area contributed by atoms with Gasteiger partial charge in [0.15, 0.2) is 0 Å². The molecule has 0 aliphatic carbocycles. The number of aromatic hydroxyl groups is 6. The van der Waals surface area contributed by atoms with E-state index < -0.39 is 5.41 Å². The van der Waals surface area contributed by atoms with Crippen LogP contribution in [0.15, 0.2) is 164 Å². The number of phenolic OH excluding ortho intramolecular Hbond substituents is 6. The summed E-state index contributed by atoms with van der Waals surface area (Å²) in [5, 5.41) is 57.4. The number of hydrogen-bond acceptors (Lipinski definition) is 6. The van der Waals surface area contributed by atoms with E-state index in [4.69, 9.17) is 0 Å². The number of benzene rings is 7. The van der Waals surface area contributed by atoms with Crippen LogP contribution < -0.4 is 0 Å². The first-order valence-electron chi connectivity index (χ1n) is 16.0. The predicted molar refractivity (Wildman–Crippen MR) is 198 cm³/mol. The molecule has 0 aromatic heterocycles. The molecule has 248 valence electrons. The molecule has 0 atom stereocenters. The molecule has 0 aliphatic rings.